The Morgan fingerprint density at radius 3 is 2.69 bits per heavy atom. The summed E-state index contributed by atoms with van der Waals surface area (Å²) in [6.45, 7) is 0. The standard InChI is InChI=1S/C7H9N3O3/c1-12-5-3-4(7(11)13-2)6(8)10-9-5/h3H,1-2H3,(H2,8,10). The SMILES string of the molecule is COC(=O)c1cc(OC)nnc1N. The fourth-order valence-electron chi connectivity index (χ4n) is 0.757. The zero-order chi connectivity index (χ0) is 9.84. The number of carbonyl (C=O) groups excluding carboxylic acids is 1. The van der Waals surface area contributed by atoms with E-state index in [0.717, 1.165) is 0 Å². The molecule has 0 saturated carbocycles. The third kappa shape index (κ3) is 1.84. The second kappa shape index (κ2) is 3.70. The molecule has 0 aliphatic rings. The summed E-state index contributed by atoms with van der Waals surface area (Å²) in [6, 6.07) is 1.37. The number of carbonyl (C=O) groups is 1. The number of nitrogens with two attached hydrogens (primary N) is 1. The van der Waals surface area contributed by atoms with Crippen molar-refractivity contribution in [3.63, 3.8) is 0 Å². The van der Waals surface area contributed by atoms with E-state index in [1.54, 1.807) is 0 Å². The summed E-state index contributed by atoms with van der Waals surface area (Å²) in [5.41, 5.74) is 5.54. The topological polar surface area (TPSA) is 87.3 Å². The van der Waals surface area contributed by atoms with Crippen molar-refractivity contribution >= 4 is 11.8 Å². The average Bonchev–Trinajstić information content (AvgIpc) is 2.17. The second-order valence-corrected chi connectivity index (χ2v) is 2.18. The van der Waals surface area contributed by atoms with Crippen molar-refractivity contribution in [1.82, 2.24) is 10.2 Å². The van der Waals surface area contributed by atoms with E-state index in [4.69, 9.17) is 10.5 Å². The van der Waals surface area contributed by atoms with E-state index in [0.29, 0.717) is 0 Å². The van der Waals surface area contributed by atoms with Gasteiger partial charge < -0.3 is 15.2 Å². The molecule has 70 valence electrons. The van der Waals surface area contributed by atoms with Crippen LogP contribution in [0.15, 0.2) is 6.07 Å². The molecule has 0 fully saturated rings. The predicted octanol–water partition coefficient (Wildman–Crippen LogP) is -0.146. The molecule has 0 aliphatic carbocycles. The minimum atomic E-state index is -0.564. The molecule has 0 unspecified atom stereocenters. The van der Waals surface area contributed by atoms with Gasteiger partial charge in [-0.1, -0.05) is 0 Å². The molecular weight excluding hydrogens is 174 g/mol. The Hall–Kier alpha value is -1.85. The fourth-order valence-corrected chi connectivity index (χ4v) is 0.757. The molecule has 0 spiro atoms. The summed E-state index contributed by atoms with van der Waals surface area (Å²) in [7, 11) is 2.68. The van der Waals surface area contributed by atoms with Gasteiger partial charge in [0.1, 0.15) is 5.56 Å². The van der Waals surface area contributed by atoms with Gasteiger partial charge in [0, 0.05) is 6.07 Å². The highest BCUT2D eigenvalue weighted by Crippen LogP contribution is 2.13. The predicted molar refractivity (Wildman–Crippen MR) is 44.3 cm³/mol. The molecule has 2 N–H and O–H groups in total. The Kier molecular flexibility index (Phi) is 2.63. The van der Waals surface area contributed by atoms with E-state index >= 15 is 0 Å². The van der Waals surface area contributed by atoms with Crippen LogP contribution in [0.3, 0.4) is 0 Å². The number of ether oxygens (including phenoxy) is 2. The fraction of sp³-hybridized carbons (Fsp3) is 0.286. The van der Waals surface area contributed by atoms with Gasteiger partial charge in [-0.05, 0) is 0 Å². The van der Waals surface area contributed by atoms with Crippen molar-refractivity contribution in [3.05, 3.63) is 11.6 Å². The Morgan fingerprint density at radius 2 is 2.15 bits per heavy atom. The lowest BCUT2D eigenvalue weighted by Gasteiger charge is -2.03. The number of anilines is 1. The van der Waals surface area contributed by atoms with Gasteiger partial charge >= 0.3 is 5.97 Å². The number of nitrogen functional groups attached to an aromatic ring is 1. The number of hydrogen-bond acceptors (Lipinski definition) is 6. The highest BCUT2D eigenvalue weighted by molar-refractivity contribution is 5.94. The van der Waals surface area contributed by atoms with Crippen LogP contribution in [0.4, 0.5) is 5.82 Å². The number of rotatable bonds is 2. The van der Waals surface area contributed by atoms with E-state index in [9.17, 15) is 4.79 Å². The van der Waals surface area contributed by atoms with Gasteiger partial charge in [-0.25, -0.2) is 4.79 Å². The summed E-state index contributed by atoms with van der Waals surface area (Å²) in [5.74, 6) is -0.326. The molecule has 1 aromatic heterocycles. The zero-order valence-electron chi connectivity index (χ0n) is 7.27. The monoisotopic (exact) mass is 183 g/mol. The molecule has 0 amide bonds. The summed E-state index contributed by atoms with van der Waals surface area (Å²) < 4.78 is 9.24. The molecule has 0 aromatic carbocycles. The van der Waals surface area contributed by atoms with Gasteiger partial charge in [-0.3, -0.25) is 0 Å². The molecule has 6 heteroatoms. The van der Waals surface area contributed by atoms with Crippen LogP contribution in [-0.2, 0) is 4.74 Å². The van der Waals surface area contributed by atoms with Crippen LogP contribution in [0.1, 0.15) is 10.4 Å². The smallest absolute Gasteiger partial charge is 0.341 e. The van der Waals surface area contributed by atoms with Gasteiger partial charge in [-0.15, -0.1) is 10.2 Å². The first kappa shape index (κ1) is 9.24. The summed E-state index contributed by atoms with van der Waals surface area (Å²) in [5, 5.41) is 7.09. The Balaban J connectivity index is 3.11. The van der Waals surface area contributed by atoms with Crippen molar-refractivity contribution in [3.8, 4) is 5.88 Å². The van der Waals surface area contributed by atoms with Crippen molar-refractivity contribution < 1.29 is 14.3 Å². The number of hydrogen-bond donors (Lipinski definition) is 1. The molecule has 0 saturated heterocycles. The van der Waals surface area contributed by atoms with Gasteiger partial charge in [0.25, 0.3) is 0 Å². The quantitative estimate of drug-likeness (QED) is 0.642. The van der Waals surface area contributed by atoms with Gasteiger partial charge in [0.05, 0.1) is 14.2 Å². The summed E-state index contributed by atoms with van der Waals surface area (Å²) in [6.07, 6.45) is 0. The lowest BCUT2D eigenvalue weighted by atomic mass is 10.3. The van der Waals surface area contributed by atoms with Crippen LogP contribution in [0.25, 0.3) is 0 Å². The molecule has 1 rings (SSSR count). The lowest BCUT2D eigenvalue weighted by Crippen LogP contribution is -2.08. The lowest BCUT2D eigenvalue weighted by molar-refractivity contribution is 0.0601. The normalized spacial score (nSPS) is 9.38. The molecule has 6 nitrogen and oxygen atoms in total. The summed E-state index contributed by atoms with van der Waals surface area (Å²) in [4.78, 5) is 11.1. The van der Waals surface area contributed by atoms with E-state index in [1.165, 1.54) is 20.3 Å². The van der Waals surface area contributed by atoms with Crippen molar-refractivity contribution in [1.29, 1.82) is 0 Å². The first-order valence-electron chi connectivity index (χ1n) is 3.44. The maximum Gasteiger partial charge on any atom is 0.341 e. The van der Waals surface area contributed by atoms with Gasteiger partial charge in [0.15, 0.2) is 5.82 Å². The number of methoxy groups -OCH3 is 2. The van der Waals surface area contributed by atoms with Crippen LogP contribution < -0.4 is 10.5 Å². The van der Waals surface area contributed by atoms with Crippen LogP contribution in [-0.4, -0.2) is 30.4 Å². The van der Waals surface area contributed by atoms with E-state index in [2.05, 4.69) is 14.9 Å². The van der Waals surface area contributed by atoms with Crippen LogP contribution in [0.5, 0.6) is 5.88 Å². The Labute approximate surface area is 74.7 Å². The molecular formula is C7H9N3O3. The summed E-state index contributed by atoms with van der Waals surface area (Å²) >= 11 is 0. The van der Waals surface area contributed by atoms with E-state index < -0.39 is 5.97 Å². The number of aromatic nitrogens is 2. The van der Waals surface area contributed by atoms with Crippen molar-refractivity contribution in [2.75, 3.05) is 20.0 Å². The molecule has 1 heterocycles. The molecule has 13 heavy (non-hydrogen) atoms. The Morgan fingerprint density at radius 1 is 1.46 bits per heavy atom. The molecule has 0 bridgehead atoms. The van der Waals surface area contributed by atoms with E-state index in [1.807, 2.05) is 0 Å². The van der Waals surface area contributed by atoms with E-state index in [-0.39, 0.29) is 17.3 Å². The van der Waals surface area contributed by atoms with Crippen molar-refractivity contribution in [2.45, 2.75) is 0 Å². The van der Waals surface area contributed by atoms with Crippen LogP contribution >= 0.6 is 0 Å². The molecule has 0 atom stereocenters. The Bertz CT molecular complexity index is 327. The number of nitrogens with zero attached hydrogens (tertiary/aromatic N) is 2. The first-order valence-corrected chi connectivity index (χ1v) is 3.44. The third-order valence-corrected chi connectivity index (χ3v) is 1.41. The molecule has 1 aromatic rings. The highest BCUT2D eigenvalue weighted by Gasteiger charge is 2.12. The minimum Gasteiger partial charge on any atom is -0.480 e. The molecule has 0 radical (unpaired) electrons. The largest absolute Gasteiger partial charge is 0.480 e. The molecule has 0 aliphatic heterocycles. The van der Waals surface area contributed by atoms with Gasteiger partial charge in [0.2, 0.25) is 5.88 Å². The highest BCUT2D eigenvalue weighted by atomic mass is 16.5. The maximum atomic E-state index is 11.1. The number of esters is 1. The zero-order valence-corrected chi connectivity index (χ0v) is 7.27. The average molecular weight is 183 g/mol. The minimum absolute atomic E-state index is 0.0210. The van der Waals surface area contributed by atoms with Crippen LogP contribution in [0, 0.1) is 0 Å². The van der Waals surface area contributed by atoms with Crippen LogP contribution in [0.2, 0.25) is 0 Å². The second-order valence-electron chi connectivity index (χ2n) is 2.18. The third-order valence-electron chi connectivity index (χ3n) is 1.41. The maximum absolute atomic E-state index is 11.1. The van der Waals surface area contributed by atoms with Crippen molar-refractivity contribution in [2.24, 2.45) is 0 Å². The van der Waals surface area contributed by atoms with Gasteiger partial charge in [-0.2, -0.15) is 0 Å². The first-order chi connectivity index (χ1) is 6.19.